The molecule has 1 aliphatic heterocycles. The van der Waals surface area contributed by atoms with Crippen molar-refractivity contribution in [2.45, 2.75) is 32.4 Å². The number of hydrogen-bond donors (Lipinski definition) is 1. The van der Waals surface area contributed by atoms with Crippen LogP contribution in [0.2, 0.25) is 0 Å². The van der Waals surface area contributed by atoms with Crippen LogP contribution in [0.3, 0.4) is 0 Å². The number of para-hydroxylation sites is 1. The largest absolute Gasteiger partial charge is 0.494 e. The van der Waals surface area contributed by atoms with E-state index in [0.717, 1.165) is 35.4 Å². The number of carbonyl (C=O) groups excluding carboxylic acids is 1. The Morgan fingerprint density at radius 1 is 1.03 bits per heavy atom. The van der Waals surface area contributed by atoms with Crippen molar-refractivity contribution in [2.24, 2.45) is 0 Å². The van der Waals surface area contributed by atoms with Gasteiger partial charge in [-0.2, -0.15) is 0 Å². The third-order valence-corrected chi connectivity index (χ3v) is 6.55. The fourth-order valence-electron chi connectivity index (χ4n) is 4.73. The van der Waals surface area contributed by atoms with Gasteiger partial charge in [-0.05, 0) is 66.8 Å². The molecule has 1 aliphatic rings. The lowest BCUT2D eigenvalue weighted by atomic mass is 9.88. The van der Waals surface area contributed by atoms with Gasteiger partial charge in [-0.3, -0.25) is 9.69 Å². The number of ether oxygens (including phenoxy) is 3. The van der Waals surface area contributed by atoms with Gasteiger partial charge in [0.15, 0.2) is 11.5 Å². The summed E-state index contributed by atoms with van der Waals surface area (Å²) < 4.78 is 30.3. The molecule has 3 aromatic rings. The molecule has 0 aliphatic carbocycles. The molecule has 0 fully saturated rings. The molecule has 0 saturated heterocycles. The third-order valence-electron chi connectivity index (χ3n) is 6.55. The second-order valence-electron chi connectivity index (χ2n) is 8.79. The van der Waals surface area contributed by atoms with Gasteiger partial charge in [-0.1, -0.05) is 30.3 Å². The number of nitrogens with one attached hydrogen (secondary N) is 1. The van der Waals surface area contributed by atoms with Gasteiger partial charge in [-0.15, -0.1) is 0 Å². The van der Waals surface area contributed by atoms with Crippen LogP contribution in [0.4, 0.5) is 4.39 Å². The van der Waals surface area contributed by atoms with Gasteiger partial charge in [0.25, 0.3) is 0 Å². The van der Waals surface area contributed by atoms with Gasteiger partial charge in [0, 0.05) is 24.7 Å². The Bertz CT molecular complexity index is 1180. The summed E-state index contributed by atoms with van der Waals surface area (Å²) >= 11 is 0. The molecule has 0 bridgehead atoms. The molecular formula is C29H33FN2O4. The number of nitrogens with zero attached hydrogens (tertiary/aromatic N) is 1. The minimum absolute atomic E-state index is 0.0608. The summed E-state index contributed by atoms with van der Waals surface area (Å²) in [6.45, 7) is 3.87. The normalized spacial score (nSPS) is 15.2. The summed E-state index contributed by atoms with van der Waals surface area (Å²) in [6, 6.07) is 18.2. The molecule has 0 aromatic heterocycles. The predicted molar refractivity (Wildman–Crippen MR) is 137 cm³/mol. The molecule has 0 saturated carbocycles. The molecule has 1 amide bonds. The van der Waals surface area contributed by atoms with Crippen molar-refractivity contribution in [2.75, 3.05) is 33.9 Å². The molecular weight excluding hydrogens is 459 g/mol. The summed E-state index contributed by atoms with van der Waals surface area (Å²) in [5.74, 6) is 1.80. The Hall–Kier alpha value is -3.58. The lowest BCUT2D eigenvalue weighted by Crippen LogP contribution is -2.43. The summed E-state index contributed by atoms with van der Waals surface area (Å²) in [5, 5.41) is 3.05. The third kappa shape index (κ3) is 5.97. The van der Waals surface area contributed by atoms with E-state index in [1.165, 1.54) is 17.7 Å². The zero-order valence-corrected chi connectivity index (χ0v) is 21.1. The second-order valence-corrected chi connectivity index (χ2v) is 8.79. The number of fused-ring (bicyclic) bond motifs is 1. The van der Waals surface area contributed by atoms with E-state index in [2.05, 4.69) is 10.2 Å². The van der Waals surface area contributed by atoms with Crippen LogP contribution in [-0.2, 0) is 24.2 Å². The smallest absolute Gasteiger partial charge is 0.234 e. The Morgan fingerprint density at radius 2 is 1.75 bits per heavy atom. The van der Waals surface area contributed by atoms with Crippen molar-refractivity contribution in [3.05, 3.63) is 88.7 Å². The quantitative estimate of drug-likeness (QED) is 0.445. The fourth-order valence-corrected chi connectivity index (χ4v) is 4.73. The van der Waals surface area contributed by atoms with E-state index in [1.54, 1.807) is 26.4 Å². The number of carbonyl (C=O) groups is 1. The number of rotatable bonds is 10. The highest BCUT2D eigenvalue weighted by atomic mass is 19.1. The minimum atomic E-state index is -0.266. The number of halogens is 1. The molecule has 1 N–H and O–H groups in total. The molecule has 1 heterocycles. The zero-order valence-electron chi connectivity index (χ0n) is 21.1. The topological polar surface area (TPSA) is 60.0 Å². The van der Waals surface area contributed by atoms with Crippen LogP contribution < -0.4 is 19.5 Å². The van der Waals surface area contributed by atoms with Gasteiger partial charge >= 0.3 is 0 Å². The molecule has 3 aromatic carbocycles. The first-order valence-corrected chi connectivity index (χ1v) is 12.2. The van der Waals surface area contributed by atoms with Crippen LogP contribution in [0.1, 0.15) is 35.2 Å². The van der Waals surface area contributed by atoms with Crippen molar-refractivity contribution in [1.29, 1.82) is 0 Å². The van der Waals surface area contributed by atoms with Crippen LogP contribution in [-0.4, -0.2) is 44.7 Å². The van der Waals surface area contributed by atoms with Crippen LogP contribution in [0.15, 0.2) is 60.7 Å². The highest BCUT2D eigenvalue weighted by Gasteiger charge is 2.30. The SMILES string of the molecule is CCOc1ccccc1CNC(=O)CN1CCc2cc(OC)c(OC)cc2C1Cc1ccc(F)cc1. The van der Waals surface area contributed by atoms with E-state index >= 15 is 0 Å². The average molecular weight is 493 g/mol. The van der Waals surface area contributed by atoms with E-state index in [1.807, 2.05) is 43.3 Å². The van der Waals surface area contributed by atoms with E-state index in [4.69, 9.17) is 14.2 Å². The first kappa shape index (κ1) is 25.5. The standard InChI is InChI=1S/C29H33FN2O4/c1-4-36-26-8-6-5-7-22(26)18-31-29(33)19-32-14-13-21-16-27(34-2)28(35-3)17-24(21)25(32)15-20-9-11-23(30)12-10-20/h5-12,16-17,25H,4,13-15,18-19H2,1-3H3,(H,31,33). The average Bonchev–Trinajstić information content (AvgIpc) is 2.90. The molecule has 4 rings (SSSR count). The van der Waals surface area contributed by atoms with Crippen LogP contribution in [0.5, 0.6) is 17.2 Å². The summed E-state index contributed by atoms with van der Waals surface area (Å²) in [5.41, 5.74) is 4.20. The monoisotopic (exact) mass is 492 g/mol. The maximum Gasteiger partial charge on any atom is 0.234 e. The summed E-state index contributed by atoms with van der Waals surface area (Å²) in [6.07, 6.45) is 1.43. The Morgan fingerprint density at radius 3 is 2.47 bits per heavy atom. The second kappa shape index (κ2) is 11.9. The first-order chi connectivity index (χ1) is 17.5. The molecule has 36 heavy (non-hydrogen) atoms. The Kier molecular flexibility index (Phi) is 8.44. The fraction of sp³-hybridized carbons (Fsp3) is 0.345. The van der Waals surface area contributed by atoms with Crippen molar-refractivity contribution < 1.29 is 23.4 Å². The summed E-state index contributed by atoms with van der Waals surface area (Å²) in [7, 11) is 3.25. The number of benzene rings is 3. The molecule has 190 valence electrons. The van der Waals surface area contributed by atoms with Gasteiger partial charge in [0.05, 0.1) is 27.4 Å². The van der Waals surface area contributed by atoms with E-state index < -0.39 is 0 Å². The van der Waals surface area contributed by atoms with Crippen molar-refractivity contribution in [1.82, 2.24) is 10.2 Å². The highest BCUT2D eigenvalue weighted by Crippen LogP contribution is 2.39. The molecule has 7 heteroatoms. The van der Waals surface area contributed by atoms with Crippen LogP contribution >= 0.6 is 0 Å². The number of hydrogen-bond acceptors (Lipinski definition) is 5. The van der Waals surface area contributed by atoms with Crippen LogP contribution in [0, 0.1) is 5.82 Å². The number of amides is 1. The van der Waals surface area contributed by atoms with Crippen molar-refractivity contribution in [3.8, 4) is 17.2 Å². The first-order valence-electron chi connectivity index (χ1n) is 12.2. The lowest BCUT2D eigenvalue weighted by Gasteiger charge is -2.37. The van der Waals surface area contributed by atoms with Gasteiger partial charge in [0.2, 0.25) is 5.91 Å². The highest BCUT2D eigenvalue weighted by molar-refractivity contribution is 5.78. The maximum absolute atomic E-state index is 13.5. The van der Waals surface area contributed by atoms with Gasteiger partial charge in [0.1, 0.15) is 11.6 Å². The molecule has 0 radical (unpaired) electrons. The zero-order chi connectivity index (χ0) is 25.5. The van der Waals surface area contributed by atoms with E-state index in [-0.39, 0.29) is 24.3 Å². The van der Waals surface area contributed by atoms with Crippen LogP contribution in [0.25, 0.3) is 0 Å². The van der Waals surface area contributed by atoms with E-state index in [0.29, 0.717) is 31.1 Å². The molecule has 0 spiro atoms. The predicted octanol–water partition coefficient (Wildman–Crippen LogP) is 4.70. The Balaban J connectivity index is 1.55. The molecule has 1 unspecified atom stereocenters. The van der Waals surface area contributed by atoms with Gasteiger partial charge in [-0.25, -0.2) is 4.39 Å². The molecule has 1 atom stereocenters. The number of methoxy groups -OCH3 is 2. The Labute approximate surface area is 212 Å². The maximum atomic E-state index is 13.5. The van der Waals surface area contributed by atoms with Gasteiger partial charge < -0.3 is 19.5 Å². The van der Waals surface area contributed by atoms with E-state index in [9.17, 15) is 9.18 Å². The van der Waals surface area contributed by atoms with Crippen molar-refractivity contribution in [3.63, 3.8) is 0 Å². The minimum Gasteiger partial charge on any atom is -0.494 e. The summed E-state index contributed by atoms with van der Waals surface area (Å²) in [4.78, 5) is 15.2. The lowest BCUT2D eigenvalue weighted by molar-refractivity contribution is -0.123. The van der Waals surface area contributed by atoms with Crippen molar-refractivity contribution >= 4 is 5.91 Å². The molecule has 6 nitrogen and oxygen atoms in total.